The summed E-state index contributed by atoms with van der Waals surface area (Å²) in [7, 11) is -1.73. The van der Waals surface area contributed by atoms with Crippen LogP contribution in [0.4, 0.5) is 0 Å². The molecule has 6 nitrogen and oxygen atoms in total. The largest absolute Gasteiger partial charge is 0.707 e. The highest BCUT2D eigenvalue weighted by atomic mass is 16.6. The molecule has 0 aliphatic carbocycles. The van der Waals surface area contributed by atoms with E-state index >= 15 is 0 Å². The van der Waals surface area contributed by atoms with Crippen LogP contribution in [0, 0.1) is 0 Å². The summed E-state index contributed by atoms with van der Waals surface area (Å²) in [5.41, 5.74) is 0. The topological polar surface area (TPSA) is 102 Å². The first-order chi connectivity index (χ1) is 8.91. The van der Waals surface area contributed by atoms with Crippen molar-refractivity contribution in [1.82, 2.24) is 5.32 Å². The maximum atomic E-state index is 8.72. The second kappa shape index (κ2) is 10.8. The second-order valence-electron chi connectivity index (χ2n) is 4.11. The Kier molecular flexibility index (Phi) is 10.1. The Morgan fingerprint density at radius 2 is 1.53 bits per heavy atom. The SMILES string of the molecule is CC(O)CNCC(C)O.OB(O)Oc1ccccc1. The van der Waals surface area contributed by atoms with Crippen molar-refractivity contribution in [3.63, 3.8) is 0 Å². The summed E-state index contributed by atoms with van der Waals surface area (Å²) >= 11 is 0. The molecule has 7 heteroatoms. The van der Waals surface area contributed by atoms with E-state index in [4.69, 9.17) is 20.3 Å². The Labute approximate surface area is 113 Å². The Hall–Kier alpha value is -1.12. The summed E-state index contributed by atoms with van der Waals surface area (Å²) in [5.74, 6) is 0.442. The Bertz CT molecular complexity index is 300. The maximum absolute atomic E-state index is 8.72. The number of hydrogen-bond donors (Lipinski definition) is 5. The Balaban J connectivity index is 0.000000344. The normalized spacial score (nSPS) is 12.9. The highest BCUT2D eigenvalue weighted by molar-refractivity contribution is 6.33. The fourth-order valence-corrected chi connectivity index (χ4v) is 1.12. The molecule has 0 saturated carbocycles. The van der Waals surface area contributed by atoms with Gasteiger partial charge in [-0.3, -0.25) is 0 Å². The quantitative estimate of drug-likeness (QED) is 0.442. The van der Waals surface area contributed by atoms with Crippen molar-refractivity contribution in [3.05, 3.63) is 30.3 Å². The first-order valence-corrected chi connectivity index (χ1v) is 6.06. The zero-order valence-electron chi connectivity index (χ0n) is 11.2. The number of aliphatic hydroxyl groups is 2. The van der Waals surface area contributed by atoms with Gasteiger partial charge in [-0.15, -0.1) is 0 Å². The van der Waals surface area contributed by atoms with Crippen molar-refractivity contribution >= 4 is 7.32 Å². The van der Waals surface area contributed by atoms with Crippen molar-refractivity contribution in [2.24, 2.45) is 0 Å². The lowest BCUT2D eigenvalue weighted by molar-refractivity contribution is 0.164. The molecule has 0 saturated heterocycles. The number of nitrogens with one attached hydrogen (secondary N) is 1. The summed E-state index contributed by atoms with van der Waals surface area (Å²) in [6.07, 6.45) is -0.660. The number of para-hydroxylation sites is 1. The third kappa shape index (κ3) is 13.1. The monoisotopic (exact) mass is 271 g/mol. The lowest BCUT2D eigenvalue weighted by Crippen LogP contribution is -2.30. The van der Waals surface area contributed by atoms with E-state index in [9.17, 15) is 0 Å². The smallest absolute Gasteiger partial charge is 0.512 e. The molecule has 0 amide bonds. The van der Waals surface area contributed by atoms with E-state index in [0.29, 0.717) is 18.8 Å². The molecule has 0 aliphatic heterocycles. The van der Waals surface area contributed by atoms with Crippen LogP contribution in [0.25, 0.3) is 0 Å². The zero-order chi connectivity index (χ0) is 14.7. The predicted octanol–water partition coefficient (Wildman–Crippen LogP) is -0.627. The molecule has 1 aromatic rings. The molecule has 1 rings (SSSR count). The summed E-state index contributed by atoms with van der Waals surface area (Å²) in [5, 5.41) is 37.0. The molecule has 0 aromatic heterocycles. The fraction of sp³-hybridized carbons (Fsp3) is 0.500. The van der Waals surface area contributed by atoms with Crippen LogP contribution in [0.5, 0.6) is 5.75 Å². The fourth-order valence-electron chi connectivity index (χ4n) is 1.12. The van der Waals surface area contributed by atoms with Crippen LogP contribution in [0.2, 0.25) is 0 Å². The minimum Gasteiger partial charge on any atom is -0.512 e. The van der Waals surface area contributed by atoms with Gasteiger partial charge in [-0.25, -0.2) is 0 Å². The van der Waals surface area contributed by atoms with Gasteiger partial charge in [0.25, 0.3) is 0 Å². The van der Waals surface area contributed by atoms with Crippen LogP contribution in [-0.2, 0) is 0 Å². The second-order valence-corrected chi connectivity index (χ2v) is 4.11. The van der Waals surface area contributed by atoms with Gasteiger partial charge >= 0.3 is 7.32 Å². The van der Waals surface area contributed by atoms with E-state index in [-0.39, 0.29) is 12.2 Å². The summed E-state index contributed by atoms with van der Waals surface area (Å²) in [6.45, 7) is 4.50. The first-order valence-electron chi connectivity index (χ1n) is 6.06. The highest BCUT2D eigenvalue weighted by Gasteiger charge is 2.09. The molecule has 0 radical (unpaired) electrons. The molecule has 19 heavy (non-hydrogen) atoms. The van der Waals surface area contributed by atoms with Crippen LogP contribution in [0.3, 0.4) is 0 Å². The maximum Gasteiger partial charge on any atom is 0.707 e. The van der Waals surface area contributed by atoms with Crippen molar-refractivity contribution in [1.29, 1.82) is 0 Å². The number of rotatable bonds is 6. The van der Waals surface area contributed by atoms with E-state index in [1.807, 2.05) is 6.07 Å². The molecule has 0 spiro atoms. The number of hydrogen-bond acceptors (Lipinski definition) is 6. The Morgan fingerprint density at radius 1 is 1.05 bits per heavy atom. The molecule has 0 heterocycles. The van der Waals surface area contributed by atoms with Gasteiger partial charge in [0.15, 0.2) is 0 Å². The van der Waals surface area contributed by atoms with Gasteiger partial charge in [-0.1, -0.05) is 18.2 Å². The summed E-state index contributed by atoms with van der Waals surface area (Å²) in [6, 6.07) is 8.59. The van der Waals surface area contributed by atoms with Crippen LogP contribution in [-0.4, -0.2) is 52.9 Å². The van der Waals surface area contributed by atoms with E-state index < -0.39 is 7.32 Å². The van der Waals surface area contributed by atoms with E-state index in [1.54, 1.807) is 38.1 Å². The van der Waals surface area contributed by atoms with E-state index in [2.05, 4.69) is 9.97 Å². The molecule has 108 valence electrons. The van der Waals surface area contributed by atoms with E-state index in [0.717, 1.165) is 0 Å². The molecule has 0 aliphatic rings. The molecule has 0 bridgehead atoms. The van der Waals surface area contributed by atoms with Gasteiger partial charge in [0.1, 0.15) is 5.75 Å². The van der Waals surface area contributed by atoms with E-state index in [1.165, 1.54) is 0 Å². The molecule has 5 N–H and O–H groups in total. The van der Waals surface area contributed by atoms with Gasteiger partial charge in [0, 0.05) is 13.1 Å². The average Bonchev–Trinajstić information content (AvgIpc) is 2.29. The summed E-state index contributed by atoms with van der Waals surface area (Å²) < 4.78 is 4.53. The van der Waals surface area contributed by atoms with Crippen LogP contribution in [0.15, 0.2) is 30.3 Å². The van der Waals surface area contributed by atoms with Crippen molar-refractivity contribution in [2.45, 2.75) is 26.1 Å². The average molecular weight is 271 g/mol. The van der Waals surface area contributed by atoms with Gasteiger partial charge in [0.2, 0.25) is 0 Å². The minimum atomic E-state index is -1.73. The zero-order valence-corrected chi connectivity index (χ0v) is 11.2. The lowest BCUT2D eigenvalue weighted by Gasteiger charge is -2.07. The molecule has 2 unspecified atom stereocenters. The molecular weight excluding hydrogens is 249 g/mol. The lowest BCUT2D eigenvalue weighted by atomic mass is 10.2. The van der Waals surface area contributed by atoms with Crippen molar-refractivity contribution in [2.75, 3.05) is 13.1 Å². The van der Waals surface area contributed by atoms with Crippen molar-refractivity contribution < 1.29 is 24.9 Å². The van der Waals surface area contributed by atoms with Crippen molar-refractivity contribution in [3.8, 4) is 5.75 Å². The minimum absolute atomic E-state index is 0.330. The van der Waals surface area contributed by atoms with Crippen LogP contribution >= 0.6 is 0 Å². The van der Waals surface area contributed by atoms with Gasteiger partial charge in [-0.05, 0) is 26.0 Å². The van der Waals surface area contributed by atoms with Gasteiger partial charge in [-0.2, -0.15) is 0 Å². The predicted molar refractivity (Wildman–Crippen MR) is 73.5 cm³/mol. The first kappa shape index (κ1) is 17.9. The third-order valence-electron chi connectivity index (χ3n) is 1.86. The molecule has 1 aromatic carbocycles. The Morgan fingerprint density at radius 3 is 1.89 bits per heavy atom. The molecular formula is C12H22BNO5. The molecule has 2 atom stereocenters. The van der Waals surface area contributed by atoms with Crippen LogP contribution in [0.1, 0.15) is 13.8 Å². The van der Waals surface area contributed by atoms with Crippen LogP contribution < -0.4 is 9.97 Å². The van der Waals surface area contributed by atoms with Gasteiger partial charge < -0.3 is 30.2 Å². The number of aliphatic hydroxyl groups excluding tert-OH is 2. The molecule has 0 fully saturated rings. The number of benzene rings is 1. The third-order valence-corrected chi connectivity index (χ3v) is 1.86. The highest BCUT2D eigenvalue weighted by Crippen LogP contribution is 2.07. The van der Waals surface area contributed by atoms with Gasteiger partial charge in [0.05, 0.1) is 12.2 Å². The summed E-state index contributed by atoms with van der Waals surface area (Å²) in [4.78, 5) is 0. The standard InChI is InChI=1S/C6H7BO3.C6H15NO2/c8-7(9)10-6-4-2-1-3-5-6;1-5(8)3-7-4-6(2)9/h1-5,8-9H;5-9H,3-4H2,1-2H3.